The van der Waals surface area contributed by atoms with Gasteiger partial charge in [-0.1, -0.05) is 78.9 Å². The minimum absolute atomic E-state index is 0.408. The fraction of sp³-hybridized carbons (Fsp3) is 0.0909. The van der Waals surface area contributed by atoms with E-state index in [2.05, 4.69) is 5.32 Å². The predicted molar refractivity (Wildman–Crippen MR) is 100 cm³/mol. The summed E-state index contributed by atoms with van der Waals surface area (Å²) in [4.78, 5) is 24.6. The SMILES string of the molecule is O=C(N[C@H](C(=O)O)C(c1ccccc1)c1ccccc1)c1ccccc1. The standard InChI is InChI=1S/C22H19NO3/c24-21(18-14-8-3-9-15-18)23-20(22(25)26)19(16-10-4-1-5-11-16)17-12-6-2-7-13-17/h1-15,19-20H,(H,23,24)(H,25,26)/t20-/m0/s1. The van der Waals surface area contributed by atoms with Crippen LogP contribution in [0, 0.1) is 0 Å². The number of hydrogen-bond donors (Lipinski definition) is 2. The van der Waals surface area contributed by atoms with E-state index >= 15 is 0 Å². The number of carbonyl (C=O) groups is 2. The van der Waals surface area contributed by atoms with Gasteiger partial charge < -0.3 is 10.4 Å². The molecule has 2 N–H and O–H groups in total. The molecule has 0 heterocycles. The Labute approximate surface area is 152 Å². The molecule has 0 saturated carbocycles. The molecule has 0 aromatic heterocycles. The van der Waals surface area contributed by atoms with Crippen LogP contribution in [0.5, 0.6) is 0 Å². The van der Waals surface area contributed by atoms with Crippen molar-refractivity contribution >= 4 is 11.9 Å². The number of carboxylic acid groups (broad SMARTS) is 1. The Hall–Kier alpha value is -3.40. The number of carbonyl (C=O) groups excluding carboxylic acids is 1. The molecule has 130 valence electrons. The van der Waals surface area contributed by atoms with Crippen molar-refractivity contribution < 1.29 is 14.7 Å². The second kappa shape index (κ2) is 8.12. The van der Waals surface area contributed by atoms with Crippen molar-refractivity contribution in [3.8, 4) is 0 Å². The minimum atomic E-state index is -1.09. The Morgan fingerprint density at radius 2 is 1.12 bits per heavy atom. The normalized spacial score (nSPS) is 11.7. The molecule has 0 aliphatic heterocycles. The third-order valence-corrected chi connectivity index (χ3v) is 4.24. The smallest absolute Gasteiger partial charge is 0.327 e. The quantitative estimate of drug-likeness (QED) is 0.716. The Balaban J connectivity index is 1.99. The summed E-state index contributed by atoms with van der Waals surface area (Å²) in [6.45, 7) is 0. The summed E-state index contributed by atoms with van der Waals surface area (Å²) < 4.78 is 0. The van der Waals surface area contributed by atoms with Gasteiger partial charge in [-0.2, -0.15) is 0 Å². The van der Waals surface area contributed by atoms with Gasteiger partial charge in [-0.25, -0.2) is 4.79 Å². The highest BCUT2D eigenvalue weighted by molar-refractivity contribution is 5.96. The molecular weight excluding hydrogens is 326 g/mol. The lowest BCUT2D eigenvalue weighted by molar-refractivity contribution is -0.139. The van der Waals surface area contributed by atoms with E-state index in [-0.39, 0.29) is 0 Å². The van der Waals surface area contributed by atoms with Gasteiger partial charge in [0.25, 0.3) is 5.91 Å². The lowest BCUT2D eigenvalue weighted by atomic mass is 9.85. The maximum Gasteiger partial charge on any atom is 0.327 e. The van der Waals surface area contributed by atoms with E-state index in [0.717, 1.165) is 11.1 Å². The maximum atomic E-state index is 12.6. The number of rotatable bonds is 6. The van der Waals surface area contributed by atoms with Gasteiger partial charge >= 0.3 is 5.97 Å². The molecule has 0 bridgehead atoms. The number of hydrogen-bond acceptors (Lipinski definition) is 2. The Morgan fingerprint density at radius 1 is 0.692 bits per heavy atom. The van der Waals surface area contributed by atoms with Crippen LogP contribution in [0.15, 0.2) is 91.0 Å². The first-order chi connectivity index (χ1) is 12.7. The molecule has 26 heavy (non-hydrogen) atoms. The van der Waals surface area contributed by atoms with Gasteiger partial charge in [0.1, 0.15) is 6.04 Å². The zero-order valence-electron chi connectivity index (χ0n) is 14.1. The monoisotopic (exact) mass is 345 g/mol. The highest BCUT2D eigenvalue weighted by atomic mass is 16.4. The predicted octanol–water partition coefficient (Wildman–Crippen LogP) is 3.70. The number of carboxylic acids is 1. The van der Waals surface area contributed by atoms with Gasteiger partial charge in [0.05, 0.1) is 0 Å². The topological polar surface area (TPSA) is 66.4 Å². The van der Waals surface area contributed by atoms with Crippen molar-refractivity contribution in [1.82, 2.24) is 5.32 Å². The van der Waals surface area contributed by atoms with E-state index in [1.54, 1.807) is 24.3 Å². The van der Waals surface area contributed by atoms with Gasteiger partial charge in [0.15, 0.2) is 0 Å². The summed E-state index contributed by atoms with van der Waals surface area (Å²) in [6, 6.07) is 26.3. The lowest BCUT2D eigenvalue weighted by Gasteiger charge is -2.26. The Kier molecular flexibility index (Phi) is 5.44. The molecule has 0 unspecified atom stereocenters. The summed E-state index contributed by atoms with van der Waals surface area (Å²) in [7, 11) is 0. The second-order valence-electron chi connectivity index (χ2n) is 5.95. The molecule has 0 aliphatic rings. The average Bonchev–Trinajstić information content (AvgIpc) is 2.69. The van der Waals surface area contributed by atoms with Crippen LogP contribution in [0.4, 0.5) is 0 Å². The zero-order chi connectivity index (χ0) is 18.4. The summed E-state index contributed by atoms with van der Waals surface area (Å²) in [5.74, 6) is -1.98. The van der Waals surface area contributed by atoms with Gasteiger partial charge in [-0.15, -0.1) is 0 Å². The second-order valence-corrected chi connectivity index (χ2v) is 5.95. The van der Waals surface area contributed by atoms with Crippen molar-refractivity contribution in [2.45, 2.75) is 12.0 Å². The molecule has 0 radical (unpaired) electrons. The average molecular weight is 345 g/mol. The molecule has 4 heteroatoms. The van der Waals surface area contributed by atoms with Crippen molar-refractivity contribution in [2.75, 3.05) is 0 Å². The molecule has 3 aromatic rings. The van der Waals surface area contributed by atoms with Crippen LogP contribution in [0.3, 0.4) is 0 Å². The van der Waals surface area contributed by atoms with E-state index in [1.807, 2.05) is 66.7 Å². The highest BCUT2D eigenvalue weighted by Crippen LogP contribution is 2.28. The number of benzene rings is 3. The summed E-state index contributed by atoms with van der Waals surface area (Å²) >= 11 is 0. The van der Waals surface area contributed by atoms with Gasteiger partial charge in [0.2, 0.25) is 0 Å². The fourth-order valence-electron chi connectivity index (χ4n) is 3.00. The van der Waals surface area contributed by atoms with Crippen LogP contribution in [-0.4, -0.2) is 23.0 Å². The number of nitrogens with one attached hydrogen (secondary N) is 1. The van der Waals surface area contributed by atoms with Crippen molar-refractivity contribution in [3.05, 3.63) is 108 Å². The molecule has 3 aromatic carbocycles. The van der Waals surface area contributed by atoms with E-state index < -0.39 is 23.8 Å². The van der Waals surface area contributed by atoms with Gasteiger partial charge in [0, 0.05) is 11.5 Å². The van der Waals surface area contributed by atoms with Crippen LogP contribution in [0.2, 0.25) is 0 Å². The molecule has 1 atom stereocenters. The van der Waals surface area contributed by atoms with Crippen LogP contribution in [-0.2, 0) is 4.79 Å². The maximum absolute atomic E-state index is 12.6. The molecular formula is C22H19NO3. The number of aliphatic carboxylic acids is 1. The van der Waals surface area contributed by atoms with Crippen molar-refractivity contribution in [2.24, 2.45) is 0 Å². The first kappa shape index (κ1) is 17.4. The lowest BCUT2D eigenvalue weighted by Crippen LogP contribution is -2.45. The van der Waals surface area contributed by atoms with E-state index in [1.165, 1.54) is 0 Å². The summed E-state index contributed by atoms with van der Waals surface area (Å²) in [5, 5.41) is 12.5. The number of amides is 1. The highest BCUT2D eigenvalue weighted by Gasteiger charge is 2.32. The largest absolute Gasteiger partial charge is 0.480 e. The molecule has 4 nitrogen and oxygen atoms in total. The molecule has 0 spiro atoms. The minimum Gasteiger partial charge on any atom is -0.480 e. The van der Waals surface area contributed by atoms with Crippen molar-refractivity contribution in [1.29, 1.82) is 0 Å². The molecule has 0 fully saturated rings. The summed E-state index contributed by atoms with van der Waals surface area (Å²) in [6.07, 6.45) is 0. The first-order valence-corrected chi connectivity index (χ1v) is 8.35. The van der Waals surface area contributed by atoms with Crippen LogP contribution in [0.1, 0.15) is 27.4 Å². The van der Waals surface area contributed by atoms with Crippen LogP contribution >= 0.6 is 0 Å². The molecule has 3 rings (SSSR count). The third-order valence-electron chi connectivity index (χ3n) is 4.24. The third kappa shape index (κ3) is 3.98. The van der Waals surface area contributed by atoms with Crippen LogP contribution in [0.25, 0.3) is 0 Å². The zero-order valence-corrected chi connectivity index (χ0v) is 14.1. The van der Waals surface area contributed by atoms with Gasteiger partial charge in [-0.3, -0.25) is 4.79 Å². The van der Waals surface area contributed by atoms with Gasteiger partial charge in [-0.05, 0) is 23.3 Å². The molecule has 1 amide bonds. The van der Waals surface area contributed by atoms with E-state index in [4.69, 9.17) is 0 Å². The van der Waals surface area contributed by atoms with Crippen LogP contribution < -0.4 is 5.32 Å². The van der Waals surface area contributed by atoms with Crippen molar-refractivity contribution in [3.63, 3.8) is 0 Å². The van der Waals surface area contributed by atoms with E-state index in [9.17, 15) is 14.7 Å². The fourth-order valence-corrected chi connectivity index (χ4v) is 3.00. The molecule has 0 aliphatic carbocycles. The summed E-state index contributed by atoms with van der Waals surface area (Å²) in [5.41, 5.74) is 2.09. The molecule has 0 saturated heterocycles. The Morgan fingerprint density at radius 3 is 1.54 bits per heavy atom. The van der Waals surface area contributed by atoms with E-state index in [0.29, 0.717) is 5.56 Å². The Bertz CT molecular complexity index is 824. The first-order valence-electron chi connectivity index (χ1n) is 8.35.